The van der Waals surface area contributed by atoms with Gasteiger partial charge >= 0.3 is 0 Å². The van der Waals surface area contributed by atoms with Gasteiger partial charge in [-0.3, -0.25) is 5.43 Å². The Morgan fingerprint density at radius 1 is 1.62 bits per heavy atom. The van der Waals surface area contributed by atoms with Gasteiger partial charge in [0.2, 0.25) is 0 Å². The second-order valence-electron chi connectivity index (χ2n) is 4.12. The molecule has 88 valence electrons. The first-order chi connectivity index (χ1) is 7.54. The van der Waals surface area contributed by atoms with E-state index in [0.717, 1.165) is 18.6 Å². The quantitative estimate of drug-likeness (QED) is 0.440. The average molecular weight is 237 g/mol. The van der Waals surface area contributed by atoms with Gasteiger partial charge in [-0.2, -0.15) is 5.10 Å². The first-order valence-corrected chi connectivity index (χ1v) is 5.82. The fourth-order valence-electron chi connectivity index (χ4n) is 1.60. The van der Waals surface area contributed by atoms with Crippen molar-refractivity contribution in [2.75, 3.05) is 7.05 Å². The largest absolute Gasteiger partial charge is 0.364 e. The molecule has 1 aliphatic carbocycles. The second kappa shape index (κ2) is 5.80. The van der Waals surface area contributed by atoms with E-state index in [1.807, 2.05) is 0 Å². The van der Waals surface area contributed by atoms with Crippen LogP contribution in [0.3, 0.4) is 0 Å². The van der Waals surface area contributed by atoms with Crippen LogP contribution in [0.5, 0.6) is 0 Å². The van der Waals surface area contributed by atoms with Gasteiger partial charge in [0.15, 0.2) is 5.11 Å². The minimum atomic E-state index is 0.507. The number of hydrogen-bond acceptors (Lipinski definition) is 2. The SMILES string of the molecule is C=C(C)[C@@H]1CC=C(C)/C(=N\NC(=S)NC)C1. The van der Waals surface area contributed by atoms with Crippen molar-refractivity contribution < 1.29 is 0 Å². The smallest absolute Gasteiger partial charge is 0.186 e. The fraction of sp³-hybridized carbons (Fsp3) is 0.500. The lowest BCUT2D eigenvalue weighted by Crippen LogP contribution is -2.30. The van der Waals surface area contributed by atoms with Crippen molar-refractivity contribution in [2.24, 2.45) is 11.0 Å². The Kier molecular flexibility index (Phi) is 4.68. The maximum absolute atomic E-state index is 4.98. The molecule has 0 fully saturated rings. The van der Waals surface area contributed by atoms with Crippen molar-refractivity contribution in [3.63, 3.8) is 0 Å². The van der Waals surface area contributed by atoms with Crippen LogP contribution in [0.25, 0.3) is 0 Å². The molecule has 0 aromatic rings. The molecule has 1 rings (SSSR count). The number of thiocarbonyl (C=S) groups is 1. The molecule has 0 bridgehead atoms. The molecule has 0 radical (unpaired) electrons. The highest BCUT2D eigenvalue weighted by molar-refractivity contribution is 7.80. The van der Waals surface area contributed by atoms with Gasteiger partial charge in [-0.15, -0.1) is 0 Å². The maximum Gasteiger partial charge on any atom is 0.186 e. The summed E-state index contributed by atoms with van der Waals surface area (Å²) in [5.74, 6) is 0.507. The zero-order chi connectivity index (χ0) is 12.1. The monoisotopic (exact) mass is 237 g/mol. The van der Waals surface area contributed by atoms with E-state index in [1.165, 1.54) is 11.1 Å². The van der Waals surface area contributed by atoms with Gasteiger partial charge in [-0.25, -0.2) is 0 Å². The summed E-state index contributed by atoms with van der Waals surface area (Å²) < 4.78 is 0. The summed E-state index contributed by atoms with van der Waals surface area (Å²) in [5, 5.41) is 7.69. The standard InChI is InChI=1S/C12H19N3S/c1-8(2)10-6-5-9(3)11(7-10)14-15-12(16)13-4/h5,10H,1,6-7H2,2-4H3,(H2,13,15,16)/b14-11-/t10-/m1/s1. The molecule has 16 heavy (non-hydrogen) atoms. The summed E-state index contributed by atoms with van der Waals surface area (Å²) in [5.41, 5.74) is 6.34. The van der Waals surface area contributed by atoms with E-state index in [2.05, 4.69) is 42.3 Å². The molecule has 2 N–H and O–H groups in total. The minimum absolute atomic E-state index is 0.507. The molecule has 0 amide bonds. The van der Waals surface area contributed by atoms with Crippen molar-refractivity contribution in [2.45, 2.75) is 26.7 Å². The summed E-state index contributed by atoms with van der Waals surface area (Å²) in [6, 6.07) is 0. The summed E-state index contributed by atoms with van der Waals surface area (Å²) in [6.45, 7) is 8.16. The van der Waals surface area contributed by atoms with Gasteiger partial charge in [0.1, 0.15) is 0 Å². The van der Waals surface area contributed by atoms with Gasteiger partial charge in [0, 0.05) is 7.05 Å². The highest BCUT2D eigenvalue weighted by Crippen LogP contribution is 2.26. The molecule has 1 atom stereocenters. The molecular formula is C12H19N3S. The van der Waals surface area contributed by atoms with Crippen LogP contribution in [0, 0.1) is 5.92 Å². The van der Waals surface area contributed by atoms with E-state index < -0.39 is 0 Å². The number of hydrogen-bond donors (Lipinski definition) is 2. The van der Waals surface area contributed by atoms with Gasteiger partial charge in [-0.05, 0) is 50.4 Å². The number of rotatable bonds is 2. The van der Waals surface area contributed by atoms with E-state index in [1.54, 1.807) is 7.05 Å². The van der Waals surface area contributed by atoms with E-state index >= 15 is 0 Å². The Balaban J connectivity index is 2.71. The Morgan fingerprint density at radius 3 is 2.88 bits per heavy atom. The van der Waals surface area contributed by atoms with Crippen LogP contribution >= 0.6 is 12.2 Å². The lowest BCUT2D eigenvalue weighted by molar-refractivity contribution is 0.637. The zero-order valence-electron chi connectivity index (χ0n) is 10.1. The fourth-order valence-corrected chi connectivity index (χ4v) is 1.64. The van der Waals surface area contributed by atoms with Crippen LogP contribution in [0.15, 0.2) is 28.9 Å². The van der Waals surface area contributed by atoms with E-state index in [0.29, 0.717) is 11.0 Å². The van der Waals surface area contributed by atoms with Crippen LogP contribution in [0.1, 0.15) is 26.7 Å². The Labute approximate surface area is 103 Å². The molecule has 3 nitrogen and oxygen atoms in total. The Bertz CT molecular complexity index is 355. The Hall–Kier alpha value is -1.16. The third-order valence-electron chi connectivity index (χ3n) is 2.82. The molecule has 0 saturated heterocycles. The van der Waals surface area contributed by atoms with Crippen LogP contribution in [0.2, 0.25) is 0 Å². The zero-order valence-corrected chi connectivity index (χ0v) is 10.9. The normalized spacial score (nSPS) is 22.6. The van der Waals surface area contributed by atoms with Crippen molar-refractivity contribution >= 4 is 23.0 Å². The Morgan fingerprint density at radius 2 is 2.31 bits per heavy atom. The molecule has 0 spiro atoms. The van der Waals surface area contributed by atoms with Crippen molar-refractivity contribution in [3.05, 3.63) is 23.8 Å². The predicted octanol–water partition coefficient (Wildman–Crippen LogP) is 2.37. The van der Waals surface area contributed by atoms with Crippen LogP contribution < -0.4 is 10.7 Å². The summed E-state index contributed by atoms with van der Waals surface area (Å²) in [7, 11) is 1.77. The summed E-state index contributed by atoms with van der Waals surface area (Å²) in [6.07, 6.45) is 4.22. The second-order valence-corrected chi connectivity index (χ2v) is 4.53. The van der Waals surface area contributed by atoms with Gasteiger partial charge in [0.05, 0.1) is 5.71 Å². The summed E-state index contributed by atoms with van der Waals surface area (Å²) >= 11 is 4.98. The third kappa shape index (κ3) is 3.45. The van der Waals surface area contributed by atoms with Crippen LogP contribution in [0.4, 0.5) is 0 Å². The number of hydrazone groups is 1. The first kappa shape index (κ1) is 12.9. The average Bonchev–Trinajstić information content (AvgIpc) is 2.27. The molecule has 0 aromatic carbocycles. The highest BCUT2D eigenvalue weighted by Gasteiger charge is 2.18. The predicted molar refractivity (Wildman–Crippen MR) is 73.5 cm³/mol. The summed E-state index contributed by atoms with van der Waals surface area (Å²) in [4.78, 5) is 0. The topological polar surface area (TPSA) is 36.4 Å². The lowest BCUT2D eigenvalue weighted by atomic mass is 9.85. The number of nitrogens with zero attached hydrogens (tertiary/aromatic N) is 1. The van der Waals surface area contributed by atoms with Crippen LogP contribution in [-0.4, -0.2) is 17.9 Å². The van der Waals surface area contributed by atoms with Gasteiger partial charge < -0.3 is 5.32 Å². The van der Waals surface area contributed by atoms with Crippen molar-refractivity contribution in [1.82, 2.24) is 10.7 Å². The molecule has 0 aromatic heterocycles. The maximum atomic E-state index is 4.98. The van der Waals surface area contributed by atoms with Gasteiger partial charge in [0.25, 0.3) is 0 Å². The molecule has 4 heteroatoms. The first-order valence-electron chi connectivity index (χ1n) is 5.41. The van der Waals surface area contributed by atoms with Crippen molar-refractivity contribution in [3.8, 4) is 0 Å². The van der Waals surface area contributed by atoms with E-state index in [-0.39, 0.29) is 0 Å². The minimum Gasteiger partial charge on any atom is -0.364 e. The molecule has 1 aliphatic rings. The highest BCUT2D eigenvalue weighted by atomic mass is 32.1. The molecular weight excluding hydrogens is 218 g/mol. The lowest BCUT2D eigenvalue weighted by Gasteiger charge is -2.22. The van der Waals surface area contributed by atoms with Gasteiger partial charge in [-0.1, -0.05) is 18.2 Å². The molecule has 0 aliphatic heterocycles. The molecule has 0 saturated carbocycles. The van der Waals surface area contributed by atoms with Crippen molar-refractivity contribution in [1.29, 1.82) is 0 Å². The third-order valence-corrected chi connectivity index (χ3v) is 3.12. The molecule has 0 heterocycles. The number of nitrogens with one attached hydrogen (secondary N) is 2. The van der Waals surface area contributed by atoms with Crippen LogP contribution in [-0.2, 0) is 0 Å². The number of allylic oxidation sites excluding steroid dienone is 3. The van der Waals surface area contributed by atoms with E-state index in [4.69, 9.17) is 12.2 Å². The molecule has 0 unspecified atom stereocenters. The van der Waals surface area contributed by atoms with E-state index in [9.17, 15) is 0 Å².